The molecule has 0 saturated carbocycles. The normalized spacial score (nSPS) is 12.2. The van der Waals surface area contributed by atoms with E-state index in [2.05, 4.69) is 0 Å². The van der Waals surface area contributed by atoms with Crippen molar-refractivity contribution < 1.29 is 41.3 Å². The van der Waals surface area contributed by atoms with E-state index < -0.39 is 30.2 Å². The van der Waals surface area contributed by atoms with Crippen LogP contribution in [-0.4, -0.2) is 23.9 Å². The second kappa shape index (κ2) is 9.40. The molecule has 29 heavy (non-hydrogen) atoms. The number of rotatable bonds is 9. The Morgan fingerprint density at radius 1 is 0.931 bits per heavy atom. The number of carboxylic acid groups (broad SMARTS) is 1. The van der Waals surface area contributed by atoms with E-state index in [1.165, 1.54) is 42.5 Å². The van der Waals surface area contributed by atoms with Crippen molar-refractivity contribution in [3.63, 3.8) is 0 Å². The lowest BCUT2D eigenvalue weighted by molar-refractivity contribution is -0.185. The maximum Gasteiger partial charge on any atom is 0.426 e. The minimum absolute atomic E-state index is 0.154. The predicted octanol–water partition coefficient (Wildman–Crippen LogP) is 5.63. The van der Waals surface area contributed by atoms with E-state index in [1.54, 1.807) is 0 Å². The van der Waals surface area contributed by atoms with Gasteiger partial charge in [-0.15, -0.1) is 0 Å². The molecule has 0 radical (unpaired) electrons. The van der Waals surface area contributed by atoms with Gasteiger partial charge in [0.05, 0.1) is 12.2 Å². The second-order valence-corrected chi connectivity index (χ2v) is 5.95. The van der Waals surface area contributed by atoms with Crippen LogP contribution in [0.5, 0.6) is 11.5 Å². The summed E-state index contributed by atoms with van der Waals surface area (Å²) in [5.74, 6) is -1.08. The summed E-state index contributed by atoms with van der Waals surface area (Å²) in [6.45, 7) is -0.154. The number of hydrogen-bond acceptors (Lipinski definition) is 3. The van der Waals surface area contributed by atoms with Crippen molar-refractivity contribution in [2.24, 2.45) is 0 Å². The zero-order chi connectivity index (χ0) is 21.5. The molecular formula is C20H17F5O4. The van der Waals surface area contributed by atoms with Crippen molar-refractivity contribution in [1.82, 2.24) is 0 Å². The first-order chi connectivity index (χ1) is 13.5. The average Bonchev–Trinajstić information content (AvgIpc) is 2.64. The van der Waals surface area contributed by atoms with Gasteiger partial charge < -0.3 is 14.6 Å². The Kier molecular flexibility index (Phi) is 7.19. The lowest BCUT2D eigenvalue weighted by Crippen LogP contribution is -2.21. The molecule has 2 rings (SSSR count). The van der Waals surface area contributed by atoms with Crippen LogP contribution in [0.15, 0.2) is 54.6 Å². The summed E-state index contributed by atoms with van der Waals surface area (Å²) in [5, 5.41) is 8.55. The summed E-state index contributed by atoms with van der Waals surface area (Å²) in [6.07, 6.45) is -6.93. The molecule has 0 heterocycles. The Bertz CT molecular complexity index is 827. The van der Waals surface area contributed by atoms with E-state index in [0.29, 0.717) is 5.56 Å². The van der Waals surface area contributed by atoms with Gasteiger partial charge in [0.1, 0.15) is 11.5 Å². The molecule has 0 spiro atoms. The largest absolute Gasteiger partial charge is 0.494 e. The third-order valence-corrected chi connectivity index (χ3v) is 3.61. The third kappa shape index (κ3) is 7.81. The molecule has 156 valence electrons. The Morgan fingerprint density at radius 2 is 1.52 bits per heavy atom. The van der Waals surface area contributed by atoms with Gasteiger partial charge >= 0.3 is 18.3 Å². The van der Waals surface area contributed by atoms with Gasteiger partial charge in [-0.05, 0) is 54.5 Å². The molecule has 0 atom stereocenters. The zero-order valence-corrected chi connectivity index (χ0v) is 15.0. The Labute approximate surface area is 163 Å². The highest BCUT2D eigenvalue weighted by atomic mass is 19.4. The maximum atomic E-state index is 14.3. The molecule has 0 aliphatic rings. The van der Waals surface area contributed by atoms with E-state index in [-0.39, 0.29) is 24.5 Å². The topological polar surface area (TPSA) is 55.8 Å². The number of hydrogen-bond donors (Lipinski definition) is 1. The highest BCUT2D eigenvalue weighted by Crippen LogP contribution is 2.32. The van der Waals surface area contributed by atoms with E-state index in [0.717, 1.165) is 18.2 Å². The smallest absolute Gasteiger partial charge is 0.426 e. The Balaban J connectivity index is 1.93. The van der Waals surface area contributed by atoms with Gasteiger partial charge in [-0.3, -0.25) is 0 Å². The summed E-state index contributed by atoms with van der Waals surface area (Å²) in [4.78, 5) is 10.5. The minimum atomic E-state index is -4.25. The van der Waals surface area contributed by atoms with Crippen LogP contribution in [0.25, 0.3) is 6.08 Å². The summed E-state index contributed by atoms with van der Waals surface area (Å²) in [5.41, 5.74) is -0.00331. The highest BCUT2D eigenvalue weighted by molar-refractivity contribution is 5.85. The molecule has 2 aromatic carbocycles. The Morgan fingerprint density at radius 3 is 2.07 bits per heavy atom. The van der Waals surface area contributed by atoms with Gasteiger partial charge in [0.25, 0.3) is 0 Å². The first-order valence-corrected chi connectivity index (χ1v) is 8.43. The van der Waals surface area contributed by atoms with Crippen LogP contribution in [0.2, 0.25) is 0 Å². The minimum Gasteiger partial charge on any atom is -0.494 e. The van der Waals surface area contributed by atoms with Crippen molar-refractivity contribution in [1.29, 1.82) is 0 Å². The SMILES string of the molecule is O=C(O)C=Cc1ccc(C(F)(F)Oc2ccc(OCCCC(F)(F)F)cc2)cc1. The van der Waals surface area contributed by atoms with Gasteiger partial charge in [0, 0.05) is 12.5 Å². The van der Waals surface area contributed by atoms with Crippen LogP contribution in [0.4, 0.5) is 22.0 Å². The average molecular weight is 416 g/mol. The van der Waals surface area contributed by atoms with Crippen molar-refractivity contribution >= 4 is 12.0 Å². The fourth-order valence-corrected chi connectivity index (χ4v) is 2.23. The molecule has 9 heteroatoms. The van der Waals surface area contributed by atoms with Crippen LogP contribution in [-0.2, 0) is 10.9 Å². The van der Waals surface area contributed by atoms with E-state index in [9.17, 15) is 26.7 Å². The number of aliphatic carboxylic acids is 1. The molecule has 2 aromatic rings. The highest BCUT2D eigenvalue weighted by Gasteiger charge is 2.34. The summed E-state index contributed by atoms with van der Waals surface area (Å²) >= 11 is 0. The van der Waals surface area contributed by atoms with Crippen molar-refractivity contribution in [3.05, 3.63) is 65.7 Å². The van der Waals surface area contributed by atoms with Crippen LogP contribution >= 0.6 is 0 Å². The molecule has 0 fully saturated rings. The number of carboxylic acids is 1. The van der Waals surface area contributed by atoms with Gasteiger partial charge in [0.15, 0.2) is 0 Å². The van der Waals surface area contributed by atoms with Crippen LogP contribution in [0.3, 0.4) is 0 Å². The molecule has 0 unspecified atom stereocenters. The standard InChI is InChI=1S/C20H17F5O4/c21-19(22,23)12-1-13-28-16-7-9-17(10-8-16)29-20(24,25)15-5-2-14(3-6-15)4-11-18(26)27/h2-11H,1,12-13H2,(H,26,27). The molecule has 0 aromatic heterocycles. The van der Waals surface area contributed by atoms with E-state index >= 15 is 0 Å². The van der Waals surface area contributed by atoms with Gasteiger partial charge in [-0.1, -0.05) is 12.1 Å². The zero-order valence-electron chi connectivity index (χ0n) is 15.0. The Hall–Kier alpha value is -3.10. The van der Waals surface area contributed by atoms with Crippen molar-refractivity contribution in [3.8, 4) is 11.5 Å². The van der Waals surface area contributed by atoms with E-state index in [4.69, 9.17) is 14.6 Å². The van der Waals surface area contributed by atoms with Crippen LogP contribution < -0.4 is 9.47 Å². The van der Waals surface area contributed by atoms with Crippen molar-refractivity contribution in [2.75, 3.05) is 6.61 Å². The number of benzene rings is 2. The molecule has 0 aliphatic heterocycles. The number of ether oxygens (including phenoxy) is 2. The predicted molar refractivity (Wildman–Crippen MR) is 94.9 cm³/mol. The first-order valence-electron chi connectivity index (χ1n) is 8.43. The molecular weight excluding hydrogens is 399 g/mol. The maximum absolute atomic E-state index is 14.3. The number of alkyl halides is 5. The van der Waals surface area contributed by atoms with Gasteiger partial charge in [-0.25, -0.2) is 4.79 Å². The molecule has 1 N–H and O–H groups in total. The fraction of sp³-hybridized carbons (Fsp3) is 0.250. The second-order valence-electron chi connectivity index (χ2n) is 5.95. The van der Waals surface area contributed by atoms with Crippen LogP contribution in [0, 0.1) is 0 Å². The van der Waals surface area contributed by atoms with E-state index in [1.807, 2.05) is 0 Å². The lowest BCUT2D eigenvalue weighted by atomic mass is 10.1. The van der Waals surface area contributed by atoms with Gasteiger partial charge in [0.2, 0.25) is 0 Å². The molecule has 0 amide bonds. The van der Waals surface area contributed by atoms with Gasteiger partial charge in [-0.2, -0.15) is 22.0 Å². The summed E-state index contributed by atoms with van der Waals surface area (Å²) in [6, 6.07) is 9.94. The fourth-order valence-electron chi connectivity index (χ4n) is 2.23. The third-order valence-electron chi connectivity index (χ3n) is 3.61. The summed E-state index contributed by atoms with van der Waals surface area (Å²) in [7, 11) is 0. The van der Waals surface area contributed by atoms with Crippen molar-refractivity contribution in [2.45, 2.75) is 25.1 Å². The molecule has 4 nitrogen and oxygen atoms in total. The molecule has 0 saturated heterocycles. The summed E-state index contributed by atoms with van der Waals surface area (Å²) < 4.78 is 74.5. The number of carbonyl (C=O) groups is 1. The first kappa shape index (κ1) is 22.2. The molecule has 0 aliphatic carbocycles. The van der Waals surface area contributed by atoms with Crippen LogP contribution in [0.1, 0.15) is 24.0 Å². The quantitative estimate of drug-likeness (QED) is 0.327. The number of halogens is 5. The monoisotopic (exact) mass is 416 g/mol. The molecule has 0 bridgehead atoms. The lowest BCUT2D eigenvalue weighted by Gasteiger charge is -2.18.